The van der Waals surface area contributed by atoms with Crippen molar-refractivity contribution in [1.29, 1.82) is 0 Å². The molecule has 0 atom stereocenters. The highest BCUT2D eigenvalue weighted by molar-refractivity contribution is 5.98. The molecular weight excluding hydrogens is 242 g/mol. The topological polar surface area (TPSA) is 47.6 Å². The summed E-state index contributed by atoms with van der Waals surface area (Å²) in [6.45, 7) is 3.08. The number of benzene rings is 1. The van der Waals surface area contributed by atoms with Gasteiger partial charge in [0.05, 0.1) is 20.8 Å². The quantitative estimate of drug-likeness (QED) is 0.793. The van der Waals surface area contributed by atoms with E-state index in [0.29, 0.717) is 23.6 Å². The van der Waals surface area contributed by atoms with Crippen molar-refractivity contribution >= 4 is 18.2 Å². The number of methoxy groups -OCH3 is 2. The Bertz CT molecular complexity index is 369. The summed E-state index contributed by atoms with van der Waals surface area (Å²) in [5, 5.41) is 2.99. The number of Topliss-reactive ketones (excluding diaryl/α,β-unsaturated/α-hetero) is 1. The first-order chi connectivity index (χ1) is 7.72. The fraction of sp³-hybridized carbons (Fsp3) is 0.417. The summed E-state index contributed by atoms with van der Waals surface area (Å²) in [4.78, 5) is 11.7. The number of ether oxygens (including phenoxy) is 2. The number of hydrogen-bond donors (Lipinski definition) is 1. The van der Waals surface area contributed by atoms with Crippen LogP contribution in [-0.2, 0) is 0 Å². The SMILES string of the molecule is CCNCC(=O)c1ccc(OC)c(OC)c1.Cl. The van der Waals surface area contributed by atoms with E-state index >= 15 is 0 Å². The Hall–Kier alpha value is -1.26. The first-order valence-electron chi connectivity index (χ1n) is 5.18. The summed E-state index contributed by atoms with van der Waals surface area (Å²) in [5.74, 6) is 1.25. The molecule has 1 rings (SSSR count). The van der Waals surface area contributed by atoms with Crippen LogP contribution in [0, 0.1) is 0 Å². The van der Waals surface area contributed by atoms with Gasteiger partial charge in [-0.3, -0.25) is 4.79 Å². The Morgan fingerprint density at radius 3 is 2.41 bits per heavy atom. The Morgan fingerprint density at radius 2 is 1.88 bits per heavy atom. The molecular formula is C12H18ClNO3. The first-order valence-corrected chi connectivity index (χ1v) is 5.18. The second kappa shape index (κ2) is 7.92. The van der Waals surface area contributed by atoms with Crippen molar-refractivity contribution in [3.63, 3.8) is 0 Å². The summed E-state index contributed by atoms with van der Waals surface area (Å²) >= 11 is 0. The molecule has 5 heteroatoms. The lowest BCUT2D eigenvalue weighted by Crippen LogP contribution is -2.22. The van der Waals surface area contributed by atoms with Crippen LogP contribution in [0.25, 0.3) is 0 Å². The molecule has 0 fully saturated rings. The summed E-state index contributed by atoms with van der Waals surface area (Å²) in [6, 6.07) is 5.16. The molecule has 0 radical (unpaired) electrons. The Morgan fingerprint density at radius 1 is 1.24 bits per heavy atom. The molecule has 1 aromatic carbocycles. The molecule has 1 N–H and O–H groups in total. The fourth-order valence-corrected chi connectivity index (χ4v) is 1.35. The van der Waals surface area contributed by atoms with Crippen molar-refractivity contribution in [3.8, 4) is 11.5 Å². The highest BCUT2D eigenvalue weighted by Gasteiger charge is 2.09. The minimum Gasteiger partial charge on any atom is -0.493 e. The van der Waals surface area contributed by atoms with Crippen LogP contribution >= 0.6 is 12.4 Å². The third-order valence-corrected chi connectivity index (χ3v) is 2.24. The first kappa shape index (κ1) is 15.7. The number of halogens is 1. The van der Waals surface area contributed by atoms with Crippen molar-refractivity contribution in [2.45, 2.75) is 6.92 Å². The zero-order valence-corrected chi connectivity index (χ0v) is 11.1. The maximum absolute atomic E-state index is 11.7. The largest absolute Gasteiger partial charge is 0.493 e. The zero-order chi connectivity index (χ0) is 12.0. The van der Waals surface area contributed by atoms with Crippen LogP contribution in [0.4, 0.5) is 0 Å². The van der Waals surface area contributed by atoms with Gasteiger partial charge in [-0.25, -0.2) is 0 Å². The van der Waals surface area contributed by atoms with Gasteiger partial charge in [-0.2, -0.15) is 0 Å². The van der Waals surface area contributed by atoms with E-state index in [-0.39, 0.29) is 18.2 Å². The summed E-state index contributed by atoms with van der Waals surface area (Å²) in [7, 11) is 3.12. The molecule has 0 aromatic heterocycles. The molecule has 0 saturated carbocycles. The number of likely N-dealkylation sites (N-methyl/N-ethyl adjacent to an activating group) is 1. The number of hydrogen-bond acceptors (Lipinski definition) is 4. The molecule has 0 saturated heterocycles. The number of ketones is 1. The van der Waals surface area contributed by atoms with Crippen LogP contribution in [0.15, 0.2) is 18.2 Å². The van der Waals surface area contributed by atoms with Gasteiger partial charge < -0.3 is 14.8 Å². The van der Waals surface area contributed by atoms with E-state index < -0.39 is 0 Å². The van der Waals surface area contributed by atoms with Crippen LogP contribution in [0.5, 0.6) is 11.5 Å². The van der Waals surface area contributed by atoms with Crippen LogP contribution < -0.4 is 14.8 Å². The number of carbonyl (C=O) groups excluding carboxylic acids is 1. The Kier molecular flexibility index (Phi) is 7.34. The van der Waals surface area contributed by atoms with Gasteiger partial charge in [-0.1, -0.05) is 6.92 Å². The molecule has 0 heterocycles. The van der Waals surface area contributed by atoms with Gasteiger partial charge in [0, 0.05) is 5.56 Å². The van der Waals surface area contributed by atoms with Crippen molar-refractivity contribution in [2.24, 2.45) is 0 Å². The van der Waals surface area contributed by atoms with Gasteiger partial charge in [0.15, 0.2) is 17.3 Å². The lowest BCUT2D eigenvalue weighted by molar-refractivity contribution is 0.0991. The summed E-state index contributed by atoms with van der Waals surface area (Å²) < 4.78 is 10.2. The molecule has 0 aliphatic carbocycles. The van der Waals surface area contributed by atoms with E-state index in [1.165, 1.54) is 0 Å². The molecule has 17 heavy (non-hydrogen) atoms. The van der Waals surface area contributed by atoms with Crippen molar-refractivity contribution < 1.29 is 14.3 Å². The molecule has 0 spiro atoms. The fourth-order valence-electron chi connectivity index (χ4n) is 1.35. The van der Waals surface area contributed by atoms with Crippen molar-refractivity contribution in [2.75, 3.05) is 27.3 Å². The van der Waals surface area contributed by atoms with Gasteiger partial charge in [0.25, 0.3) is 0 Å². The van der Waals surface area contributed by atoms with E-state index in [1.54, 1.807) is 32.4 Å². The average molecular weight is 260 g/mol. The third kappa shape index (κ3) is 4.24. The highest BCUT2D eigenvalue weighted by atomic mass is 35.5. The van der Waals surface area contributed by atoms with E-state index in [4.69, 9.17) is 9.47 Å². The smallest absolute Gasteiger partial charge is 0.176 e. The van der Waals surface area contributed by atoms with E-state index in [1.807, 2.05) is 6.92 Å². The van der Waals surface area contributed by atoms with Gasteiger partial charge in [0.1, 0.15) is 0 Å². The van der Waals surface area contributed by atoms with Crippen LogP contribution in [-0.4, -0.2) is 33.1 Å². The average Bonchev–Trinajstić information content (AvgIpc) is 2.34. The molecule has 0 aliphatic rings. The van der Waals surface area contributed by atoms with Crippen molar-refractivity contribution in [3.05, 3.63) is 23.8 Å². The van der Waals surface area contributed by atoms with Gasteiger partial charge >= 0.3 is 0 Å². The molecule has 0 aliphatic heterocycles. The zero-order valence-electron chi connectivity index (χ0n) is 10.3. The Labute approximate surface area is 108 Å². The van der Waals surface area contributed by atoms with Gasteiger partial charge in [0.2, 0.25) is 0 Å². The van der Waals surface area contributed by atoms with Crippen LogP contribution in [0.1, 0.15) is 17.3 Å². The lowest BCUT2D eigenvalue weighted by Gasteiger charge is -2.09. The molecule has 0 amide bonds. The Balaban J connectivity index is 0.00000256. The highest BCUT2D eigenvalue weighted by Crippen LogP contribution is 2.27. The molecule has 1 aromatic rings. The minimum atomic E-state index is 0. The minimum absolute atomic E-state index is 0. The predicted molar refractivity (Wildman–Crippen MR) is 69.7 cm³/mol. The van der Waals surface area contributed by atoms with Gasteiger partial charge in [-0.15, -0.1) is 12.4 Å². The maximum Gasteiger partial charge on any atom is 0.176 e. The number of nitrogens with one attached hydrogen (secondary N) is 1. The second-order valence-electron chi connectivity index (χ2n) is 3.27. The van der Waals surface area contributed by atoms with E-state index in [0.717, 1.165) is 6.54 Å². The predicted octanol–water partition coefficient (Wildman–Crippen LogP) is 1.92. The molecule has 0 unspecified atom stereocenters. The summed E-state index contributed by atoms with van der Waals surface area (Å²) in [6.07, 6.45) is 0. The van der Waals surface area contributed by atoms with E-state index in [9.17, 15) is 4.79 Å². The van der Waals surface area contributed by atoms with Gasteiger partial charge in [-0.05, 0) is 24.7 Å². The van der Waals surface area contributed by atoms with Crippen LogP contribution in [0.2, 0.25) is 0 Å². The molecule has 0 bridgehead atoms. The molecule has 96 valence electrons. The summed E-state index contributed by atoms with van der Waals surface area (Å²) in [5.41, 5.74) is 0.624. The maximum atomic E-state index is 11.7. The molecule has 4 nitrogen and oxygen atoms in total. The normalized spacial score (nSPS) is 9.35. The van der Waals surface area contributed by atoms with Crippen LogP contribution in [0.3, 0.4) is 0 Å². The lowest BCUT2D eigenvalue weighted by atomic mass is 10.1. The van der Waals surface area contributed by atoms with Crippen molar-refractivity contribution in [1.82, 2.24) is 5.32 Å². The second-order valence-corrected chi connectivity index (χ2v) is 3.27. The number of carbonyl (C=O) groups is 1. The monoisotopic (exact) mass is 259 g/mol. The third-order valence-electron chi connectivity index (χ3n) is 2.24. The standard InChI is InChI=1S/C12H17NO3.ClH/c1-4-13-8-10(14)9-5-6-11(15-2)12(7-9)16-3;/h5-7,13H,4,8H2,1-3H3;1H. The van der Waals surface area contributed by atoms with E-state index in [2.05, 4.69) is 5.32 Å². The number of rotatable bonds is 6.